The molecule has 1 rings (SSSR count). The van der Waals surface area contributed by atoms with Crippen molar-refractivity contribution in [1.82, 2.24) is 0 Å². The molecule has 0 aliphatic rings. The molecule has 1 aromatic rings. The van der Waals surface area contributed by atoms with Gasteiger partial charge in [-0.3, -0.25) is 18.9 Å². The Labute approximate surface area is 429 Å². The van der Waals surface area contributed by atoms with Gasteiger partial charge in [0.15, 0.2) is 5.12 Å². The Kier molecular flexibility index (Phi) is 38.8. The summed E-state index contributed by atoms with van der Waals surface area (Å²) in [6.07, 6.45) is 4.60. The monoisotopic (exact) mass is 1050 g/mol. The number of methoxy groups -OCH3 is 1. The van der Waals surface area contributed by atoms with Crippen molar-refractivity contribution in [3.05, 3.63) is 29.8 Å². The van der Waals surface area contributed by atoms with Crippen molar-refractivity contribution in [3.8, 4) is 6.07 Å². The molecule has 1 N–H and O–H groups in total. The number of esters is 2. The zero-order chi connectivity index (χ0) is 52.6. The van der Waals surface area contributed by atoms with Gasteiger partial charge in [0.1, 0.15) is 6.10 Å². The molecule has 0 aliphatic carbocycles. The van der Waals surface area contributed by atoms with Crippen LogP contribution in [-0.4, -0.2) is 168 Å². The van der Waals surface area contributed by atoms with Gasteiger partial charge in [-0.15, -0.1) is 0 Å². The fraction of sp³-hybridized carbons (Fsp3) is 0.804. The molecule has 0 amide bonds. The van der Waals surface area contributed by atoms with Crippen LogP contribution in [0.5, 0.6) is 0 Å². The van der Waals surface area contributed by atoms with Gasteiger partial charge in [-0.2, -0.15) is 13.7 Å². The summed E-state index contributed by atoms with van der Waals surface area (Å²) in [4.78, 5) is 39.4. The lowest BCUT2D eigenvalue weighted by Gasteiger charge is -2.31. The van der Waals surface area contributed by atoms with Crippen molar-refractivity contribution >= 4 is 38.9 Å². The number of thioether (sulfide) groups is 1. The number of unbranched alkanes of at least 4 members (excludes halogenated alkanes) is 1. The number of nitriles is 1. The summed E-state index contributed by atoms with van der Waals surface area (Å²) in [5.41, 5.74) is -0.253. The smallest absolute Gasteiger partial charge is 0.309 e. The van der Waals surface area contributed by atoms with E-state index in [1.807, 2.05) is 20.8 Å². The summed E-state index contributed by atoms with van der Waals surface area (Å²) in [6, 6.07) is 8.07. The number of hydrogen-bond donors (Lipinski definition) is 1. The maximum atomic E-state index is 14.1. The Hall–Kier alpha value is -2.78. The molecular formula is C51H87NO17S2. The lowest BCUT2D eigenvalue weighted by Crippen LogP contribution is -2.30. The first-order valence-electron chi connectivity index (χ1n) is 25.2. The van der Waals surface area contributed by atoms with Gasteiger partial charge in [-0.1, -0.05) is 77.8 Å². The van der Waals surface area contributed by atoms with Crippen molar-refractivity contribution in [3.63, 3.8) is 0 Å². The zero-order valence-electron chi connectivity index (χ0n) is 43.7. The standard InChI is InChI=1S/C51H87NO17S2/c1-8-11-12-42(9-2)40-68-49(54)45(35-43(39-52)36-47(10-3)69-41(4)53)37-46(44-13-15-48(16-14-44)71(56,57)58)38-51(5,6)50(55)70-34-33-67-32-31-66-30-29-65-28-27-64-26-25-63-24-23-62-22-21-61-20-19-60-18-17-59-7/h13-16,42-43,45-47H,8-12,17-38,40H2,1-7H3,(H,56,57,58). The lowest BCUT2D eigenvalue weighted by molar-refractivity contribution is -0.152. The van der Waals surface area contributed by atoms with Crippen LogP contribution in [0, 0.1) is 34.5 Å². The maximum Gasteiger partial charge on any atom is 0.309 e. The predicted molar refractivity (Wildman–Crippen MR) is 270 cm³/mol. The van der Waals surface area contributed by atoms with Crippen LogP contribution < -0.4 is 0 Å². The Balaban J connectivity index is 2.64. The molecule has 0 fully saturated rings. The third-order valence-corrected chi connectivity index (χ3v) is 13.5. The van der Waals surface area contributed by atoms with Crippen LogP contribution in [0.15, 0.2) is 29.2 Å². The van der Waals surface area contributed by atoms with E-state index in [9.17, 15) is 32.6 Å². The fourth-order valence-electron chi connectivity index (χ4n) is 7.36. The first-order chi connectivity index (χ1) is 34.1. The van der Waals surface area contributed by atoms with E-state index in [0.717, 1.165) is 37.4 Å². The zero-order valence-corrected chi connectivity index (χ0v) is 45.4. The molecule has 410 valence electrons. The summed E-state index contributed by atoms with van der Waals surface area (Å²) in [7, 11) is -2.85. The van der Waals surface area contributed by atoms with Gasteiger partial charge >= 0.3 is 11.9 Å². The van der Waals surface area contributed by atoms with Gasteiger partial charge in [0.25, 0.3) is 10.1 Å². The van der Waals surface area contributed by atoms with Gasteiger partial charge < -0.3 is 52.1 Å². The molecule has 5 atom stereocenters. The van der Waals surface area contributed by atoms with E-state index in [2.05, 4.69) is 19.9 Å². The van der Waals surface area contributed by atoms with Gasteiger partial charge in [-0.25, -0.2) is 0 Å². The van der Waals surface area contributed by atoms with Crippen LogP contribution in [0.4, 0.5) is 0 Å². The average Bonchev–Trinajstić information content (AvgIpc) is 3.34. The summed E-state index contributed by atoms with van der Waals surface area (Å²) in [5.74, 6) is -2.20. The number of benzene rings is 1. The molecule has 0 bridgehead atoms. The fourth-order valence-corrected chi connectivity index (χ4v) is 8.70. The van der Waals surface area contributed by atoms with E-state index in [-0.39, 0.29) is 48.2 Å². The summed E-state index contributed by atoms with van der Waals surface area (Å²) in [6.45, 7) is 18.9. The Morgan fingerprint density at radius 1 is 0.704 bits per heavy atom. The highest BCUT2D eigenvalue weighted by atomic mass is 32.2. The van der Waals surface area contributed by atoms with Gasteiger partial charge in [0.2, 0.25) is 0 Å². The molecule has 20 heteroatoms. The highest BCUT2D eigenvalue weighted by Crippen LogP contribution is 2.41. The topological polar surface area (TPSA) is 231 Å². The second kappa shape index (κ2) is 41.6. The van der Waals surface area contributed by atoms with Crippen LogP contribution in [0.3, 0.4) is 0 Å². The van der Waals surface area contributed by atoms with Gasteiger partial charge in [-0.05, 0) is 61.6 Å². The Bertz CT molecular complexity index is 1680. The van der Waals surface area contributed by atoms with Crippen LogP contribution in [-0.2, 0) is 76.6 Å². The molecule has 5 unspecified atom stereocenters. The van der Waals surface area contributed by atoms with E-state index in [1.165, 1.54) is 19.1 Å². The average molecular weight is 1050 g/mol. The number of carbonyl (C=O) groups is 3. The minimum atomic E-state index is -4.48. The Morgan fingerprint density at radius 2 is 1.18 bits per heavy atom. The maximum absolute atomic E-state index is 14.1. The van der Waals surface area contributed by atoms with Crippen molar-refractivity contribution in [2.75, 3.05) is 132 Å². The summed E-state index contributed by atoms with van der Waals surface area (Å²) < 4.78 is 94.0. The van der Waals surface area contributed by atoms with Crippen LogP contribution in [0.1, 0.15) is 111 Å². The minimum Gasteiger partial charge on any atom is -0.465 e. The number of ether oxygens (including phenoxy) is 11. The molecule has 71 heavy (non-hydrogen) atoms. The number of rotatable bonds is 47. The molecule has 0 spiro atoms. The van der Waals surface area contributed by atoms with E-state index in [1.54, 1.807) is 19.2 Å². The Morgan fingerprint density at radius 3 is 1.59 bits per heavy atom. The highest BCUT2D eigenvalue weighted by Gasteiger charge is 2.36. The number of carbonyl (C=O) groups excluding carboxylic acids is 3. The third kappa shape index (κ3) is 33.6. The first kappa shape index (κ1) is 66.2. The molecule has 1 aromatic carbocycles. The van der Waals surface area contributed by atoms with E-state index >= 15 is 0 Å². The molecule has 0 aromatic heterocycles. The highest BCUT2D eigenvalue weighted by molar-refractivity contribution is 8.13. The van der Waals surface area contributed by atoms with Crippen LogP contribution in [0.2, 0.25) is 0 Å². The summed E-state index contributed by atoms with van der Waals surface area (Å²) >= 11 is 1.14. The minimum absolute atomic E-state index is 0.0900. The largest absolute Gasteiger partial charge is 0.465 e. The lowest BCUT2D eigenvalue weighted by atomic mass is 9.75. The number of hydrogen-bond acceptors (Lipinski definition) is 18. The van der Waals surface area contributed by atoms with Crippen molar-refractivity contribution in [1.29, 1.82) is 5.26 Å². The quantitative estimate of drug-likeness (QED) is 0.0378. The second-order valence-electron chi connectivity index (χ2n) is 17.8. The van der Waals surface area contributed by atoms with Crippen molar-refractivity contribution in [2.45, 2.75) is 116 Å². The molecule has 0 heterocycles. The molecule has 0 saturated carbocycles. The van der Waals surface area contributed by atoms with Crippen molar-refractivity contribution < 1.29 is 79.5 Å². The van der Waals surface area contributed by atoms with E-state index in [0.29, 0.717) is 130 Å². The van der Waals surface area contributed by atoms with Crippen molar-refractivity contribution in [2.24, 2.45) is 23.2 Å². The normalized spacial score (nSPS) is 14.1. The van der Waals surface area contributed by atoms with E-state index in [4.69, 9.17) is 52.1 Å². The van der Waals surface area contributed by atoms with Gasteiger partial charge in [0, 0.05) is 31.6 Å². The summed E-state index contributed by atoms with van der Waals surface area (Å²) in [5, 5.41) is 10.2. The SMILES string of the molecule is CCCCC(CC)COC(=O)C(CC(C#N)CC(CC)OC(C)=O)CC(CC(C)(C)C(=O)SCCOCCOCCOCCOCCOCCOCCOCCOCCOC)c1ccc(S(=O)(=O)O)cc1. The molecule has 0 saturated heterocycles. The third-order valence-electron chi connectivity index (χ3n) is 11.4. The van der Waals surface area contributed by atoms with Crippen LogP contribution in [0.25, 0.3) is 0 Å². The van der Waals surface area contributed by atoms with Crippen LogP contribution >= 0.6 is 11.8 Å². The molecule has 18 nitrogen and oxygen atoms in total. The molecule has 0 radical (unpaired) electrons. The predicted octanol–water partition coefficient (Wildman–Crippen LogP) is 7.50. The molecular weight excluding hydrogens is 963 g/mol. The molecule has 0 aliphatic heterocycles. The van der Waals surface area contributed by atoms with E-state index < -0.39 is 51.3 Å². The first-order valence-corrected chi connectivity index (χ1v) is 27.6. The second-order valence-corrected chi connectivity index (χ2v) is 20.3. The number of nitrogens with zero attached hydrogens (tertiary/aromatic N) is 1. The van der Waals surface area contributed by atoms with Gasteiger partial charge in [0.05, 0.1) is 142 Å².